The van der Waals surface area contributed by atoms with E-state index in [2.05, 4.69) is 40.3 Å². The highest BCUT2D eigenvalue weighted by molar-refractivity contribution is 7.80. The van der Waals surface area contributed by atoms with E-state index in [1.807, 2.05) is 36.4 Å². The van der Waals surface area contributed by atoms with Crippen LogP contribution in [0.5, 0.6) is 0 Å². The van der Waals surface area contributed by atoms with Crippen molar-refractivity contribution < 1.29 is 4.42 Å². The van der Waals surface area contributed by atoms with Crippen LogP contribution in [0, 0.1) is 11.8 Å². The van der Waals surface area contributed by atoms with Gasteiger partial charge in [-0.25, -0.2) is 0 Å². The van der Waals surface area contributed by atoms with Gasteiger partial charge in [0.25, 0.3) is 0 Å². The molecule has 0 radical (unpaired) electrons. The summed E-state index contributed by atoms with van der Waals surface area (Å²) >= 11 is 11.6. The summed E-state index contributed by atoms with van der Waals surface area (Å²) < 4.78 is 6.00. The summed E-state index contributed by atoms with van der Waals surface area (Å²) in [5, 5.41) is 7.65. The fourth-order valence-electron chi connectivity index (χ4n) is 5.51. The van der Waals surface area contributed by atoms with Crippen LogP contribution in [-0.4, -0.2) is 41.3 Å². The molecule has 2 N–H and O–H groups in total. The monoisotopic (exact) mass is 552 g/mol. The number of furan rings is 1. The second-order valence-electron chi connectivity index (χ2n) is 10.7. The minimum Gasteiger partial charge on any atom is -0.459 e. The molecule has 2 aromatic heterocycles. The number of benzene rings is 1. The highest BCUT2D eigenvalue weighted by atomic mass is 35.5. The maximum absolute atomic E-state index is 6.01. The predicted octanol–water partition coefficient (Wildman–Crippen LogP) is 6.74. The number of nitrogens with zero attached hydrogens (tertiary/aromatic N) is 4. The number of aromatic nitrogens is 2. The number of nitrogens with one attached hydrogen (secondary N) is 2. The first-order valence-electron chi connectivity index (χ1n) is 13.7. The number of piperidine rings is 1. The molecule has 2 fully saturated rings. The molecule has 0 amide bonds. The molecule has 202 valence electrons. The van der Waals surface area contributed by atoms with Crippen LogP contribution in [0.1, 0.15) is 51.7 Å². The Hall–Kier alpha value is -2.84. The first-order valence-corrected chi connectivity index (χ1v) is 14.5. The Balaban J connectivity index is 1.28. The first-order chi connectivity index (χ1) is 18.4. The van der Waals surface area contributed by atoms with Gasteiger partial charge in [-0.1, -0.05) is 38.3 Å². The van der Waals surface area contributed by atoms with E-state index in [1.165, 1.54) is 32.1 Å². The van der Waals surface area contributed by atoms with Crippen molar-refractivity contribution in [1.82, 2.24) is 15.3 Å². The fraction of sp³-hybridized carbons (Fsp3) is 0.483. The van der Waals surface area contributed by atoms with Crippen LogP contribution in [0.3, 0.4) is 0 Å². The zero-order valence-electron chi connectivity index (χ0n) is 22.3. The van der Waals surface area contributed by atoms with Gasteiger partial charge >= 0.3 is 0 Å². The van der Waals surface area contributed by atoms with Gasteiger partial charge in [0.15, 0.2) is 5.11 Å². The summed E-state index contributed by atoms with van der Waals surface area (Å²) in [6.07, 6.45) is 6.20. The van der Waals surface area contributed by atoms with Crippen LogP contribution in [-0.2, 0) is 6.54 Å². The Bertz CT molecular complexity index is 1210. The van der Waals surface area contributed by atoms with Gasteiger partial charge in [-0.05, 0) is 79.7 Å². The molecule has 2 aliphatic heterocycles. The Morgan fingerprint density at radius 1 is 0.947 bits per heavy atom. The quantitative estimate of drug-likeness (QED) is 0.326. The molecule has 0 spiro atoms. The van der Waals surface area contributed by atoms with Gasteiger partial charge in [-0.15, -0.1) is 0 Å². The van der Waals surface area contributed by atoms with E-state index in [4.69, 9.17) is 38.2 Å². The second-order valence-corrected chi connectivity index (χ2v) is 11.6. The van der Waals surface area contributed by atoms with Crippen molar-refractivity contribution in [3.8, 4) is 11.3 Å². The summed E-state index contributed by atoms with van der Waals surface area (Å²) in [5.41, 5.74) is 0.981. The molecule has 7 nitrogen and oxygen atoms in total. The van der Waals surface area contributed by atoms with Gasteiger partial charge in [-0.3, -0.25) is 0 Å². The lowest BCUT2D eigenvalue weighted by Gasteiger charge is -2.36. The molecule has 0 saturated carbocycles. The Morgan fingerprint density at radius 3 is 2.29 bits per heavy atom. The molecule has 9 heteroatoms. The summed E-state index contributed by atoms with van der Waals surface area (Å²) in [4.78, 5) is 14.6. The van der Waals surface area contributed by atoms with Crippen molar-refractivity contribution in [3.63, 3.8) is 0 Å². The Kier molecular flexibility index (Phi) is 8.69. The van der Waals surface area contributed by atoms with Gasteiger partial charge in [0.2, 0.25) is 5.95 Å². The van der Waals surface area contributed by atoms with Crippen molar-refractivity contribution in [2.45, 2.75) is 52.5 Å². The topological polar surface area (TPSA) is 69.5 Å². The lowest BCUT2D eigenvalue weighted by molar-refractivity contribution is 0.355. The van der Waals surface area contributed by atoms with Crippen LogP contribution in [0.15, 0.2) is 46.9 Å². The van der Waals surface area contributed by atoms with Crippen LogP contribution in [0.4, 0.5) is 17.6 Å². The highest BCUT2D eigenvalue weighted by Crippen LogP contribution is 2.29. The van der Waals surface area contributed by atoms with Crippen molar-refractivity contribution in [2.24, 2.45) is 11.8 Å². The third kappa shape index (κ3) is 6.97. The summed E-state index contributed by atoms with van der Waals surface area (Å²) in [6.45, 7) is 9.18. The van der Waals surface area contributed by atoms with Crippen LogP contribution < -0.4 is 20.4 Å². The minimum atomic E-state index is 0.458. The van der Waals surface area contributed by atoms with Crippen molar-refractivity contribution >= 4 is 46.5 Å². The fourth-order valence-corrected chi connectivity index (χ4v) is 5.80. The van der Waals surface area contributed by atoms with Crippen LogP contribution >= 0.6 is 23.8 Å². The molecule has 0 unspecified atom stereocenters. The zero-order chi connectivity index (χ0) is 26.5. The number of hydrogen-bond donors (Lipinski definition) is 2. The molecule has 0 bridgehead atoms. The second kappa shape index (κ2) is 12.3. The van der Waals surface area contributed by atoms with Gasteiger partial charge < -0.3 is 24.9 Å². The minimum absolute atomic E-state index is 0.458. The predicted molar refractivity (Wildman–Crippen MR) is 160 cm³/mol. The largest absolute Gasteiger partial charge is 0.459 e. The van der Waals surface area contributed by atoms with Gasteiger partial charge in [0, 0.05) is 42.8 Å². The number of hydrogen-bond acceptors (Lipinski definition) is 6. The molecular formula is C29H37ClN6OS. The summed E-state index contributed by atoms with van der Waals surface area (Å²) in [6, 6.07) is 13.7. The molecule has 2 atom stereocenters. The maximum Gasteiger partial charge on any atom is 0.232 e. The molecule has 1 aromatic carbocycles. The smallest absolute Gasteiger partial charge is 0.232 e. The van der Waals surface area contributed by atoms with E-state index in [0.29, 0.717) is 34.5 Å². The first kappa shape index (κ1) is 26.8. The molecule has 5 rings (SSSR count). The van der Waals surface area contributed by atoms with E-state index in [1.54, 1.807) is 0 Å². The summed E-state index contributed by atoms with van der Waals surface area (Å²) in [5.74, 6) is 5.34. The van der Waals surface area contributed by atoms with E-state index in [9.17, 15) is 0 Å². The normalized spacial score (nSPS) is 20.2. The maximum atomic E-state index is 6.01. The molecule has 0 aliphatic carbocycles. The lowest BCUT2D eigenvalue weighted by atomic mass is 9.92. The Labute approximate surface area is 236 Å². The Morgan fingerprint density at radius 2 is 1.61 bits per heavy atom. The third-order valence-corrected chi connectivity index (χ3v) is 7.76. The van der Waals surface area contributed by atoms with Crippen molar-refractivity contribution in [2.75, 3.05) is 41.3 Å². The molecular weight excluding hydrogens is 516 g/mol. The van der Waals surface area contributed by atoms with Gasteiger partial charge in [0.1, 0.15) is 23.2 Å². The number of rotatable bonds is 6. The molecule has 2 saturated heterocycles. The average molecular weight is 553 g/mol. The number of thiocarbonyl (C=S) groups is 1. The molecule has 2 aliphatic rings. The SMILES string of the molecule is C[C@@H]1C[C@@H](C)CN(c2cc(N3CCCCCC3)nc(NC(=S)NCc3ccc(-c4ccc(Cl)cc4)o3)n2)C1. The number of halogens is 1. The van der Waals surface area contributed by atoms with E-state index in [-0.39, 0.29) is 0 Å². The molecule has 4 heterocycles. The lowest BCUT2D eigenvalue weighted by Crippen LogP contribution is -2.39. The van der Waals surface area contributed by atoms with Gasteiger partial charge in [0.05, 0.1) is 6.54 Å². The van der Waals surface area contributed by atoms with Crippen LogP contribution in [0.25, 0.3) is 11.3 Å². The zero-order valence-corrected chi connectivity index (χ0v) is 23.8. The highest BCUT2D eigenvalue weighted by Gasteiger charge is 2.25. The van der Waals surface area contributed by atoms with E-state index < -0.39 is 0 Å². The van der Waals surface area contributed by atoms with E-state index in [0.717, 1.165) is 54.9 Å². The van der Waals surface area contributed by atoms with Crippen molar-refractivity contribution in [3.05, 3.63) is 53.2 Å². The van der Waals surface area contributed by atoms with Gasteiger partial charge in [-0.2, -0.15) is 9.97 Å². The average Bonchev–Trinajstić information content (AvgIpc) is 3.20. The molecule has 38 heavy (non-hydrogen) atoms. The standard InChI is InChI=1S/C29H37ClN6OS/c1-20-15-21(2)19-36(18-20)27-16-26(35-13-5-3-4-6-14-35)32-28(33-27)34-29(38)31-17-24-11-12-25(37-24)22-7-9-23(30)10-8-22/h7-12,16,20-21H,3-6,13-15,17-19H2,1-2H3,(H2,31,32,33,34,38)/t20-,21-/m1/s1. The van der Waals surface area contributed by atoms with E-state index >= 15 is 0 Å². The van der Waals surface area contributed by atoms with Crippen molar-refractivity contribution in [1.29, 1.82) is 0 Å². The summed E-state index contributed by atoms with van der Waals surface area (Å²) in [7, 11) is 0. The molecule has 3 aromatic rings. The third-order valence-electron chi connectivity index (χ3n) is 7.26. The van der Waals surface area contributed by atoms with Crippen LogP contribution in [0.2, 0.25) is 5.02 Å². The number of anilines is 3.